The third-order valence-corrected chi connectivity index (χ3v) is 8.65. The zero-order valence-electron chi connectivity index (χ0n) is 19.7. The number of anilines is 1. The second kappa shape index (κ2) is 11.5. The molecule has 12 heteroatoms. The molecule has 0 bridgehead atoms. The number of nitrogens with zero attached hydrogens (tertiary/aromatic N) is 4. The van der Waals surface area contributed by atoms with Crippen molar-refractivity contribution in [2.45, 2.75) is 40.5 Å². The largest absolute Gasteiger partial charge is 0.389 e. The van der Waals surface area contributed by atoms with E-state index in [0.717, 1.165) is 17.3 Å². The maximum atomic E-state index is 13.1. The Bertz CT molecular complexity index is 1140. The number of amides is 1. The lowest BCUT2D eigenvalue weighted by molar-refractivity contribution is -0.110. The number of aromatic nitrogens is 2. The van der Waals surface area contributed by atoms with Crippen molar-refractivity contribution in [2.75, 3.05) is 44.9 Å². The number of sulfone groups is 1. The first-order chi connectivity index (χ1) is 16.8. The highest BCUT2D eigenvalue weighted by molar-refractivity contribution is 7.99. The quantitative estimate of drug-likeness (QED) is 0.270. The molecule has 1 saturated heterocycles. The highest BCUT2D eigenvalue weighted by atomic mass is 32.2. The van der Waals surface area contributed by atoms with Crippen molar-refractivity contribution in [3.8, 4) is 0 Å². The van der Waals surface area contributed by atoms with Crippen LogP contribution in [0.1, 0.15) is 24.8 Å². The van der Waals surface area contributed by atoms with Crippen molar-refractivity contribution >= 4 is 39.0 Å². The first-order valence-electron chi connectivity index (χ1n) is 11.4. The normalized spacial score (nSPS) is 18.6. The number of ether oxygens (including phenoxy) is 1. The Labute approximate surface area is 209 Å². The third kappa shape index (κ3) is 7.00. The molecule has 0 spiro atoms. The predicted octanol–water partition coefficient (Wildman–Crippen LogP) is 2.21. The molecule has 1 N–H and O–H groups in total. The Morgan fingerprint density at radius 3 is 2.57 bits per heavy atom. The molecule has 0 radical (unpaired) electrons. The Hall–Kier alpha value is -2.54. The predicted molar refractivity (Wildman–Crippen MR) is 133 cm³/mol. The van der Waals surface area contributed by atoms with Gasteiger partial charge in [0.05, 0.1) is 35.8 Å². The van der Waals surface area contributed by atoms with E-state index in [0.29, 0.717) is 38.0 Å². The molecule has 2 aromatic rings. The van der Waals surface area contributed by atoms with Crippen molar-refractivity contribution in [3.63, 3.8) is 0 Å². The van der Waals surface area contributed by atoms with Gasteiger partial charge in [-0.25, -0.2) is 18.4 Å². The van der Waals surface area contributed by atoms with Crippen molar-refractivity contribution in [2.24, 2.45) is 5.16 Å². The van der Waals surface area contributed by atoms with Crippen molar-refractivity contribution in [1.82, 2.24) is 14.9 Å². The van der Waals surface area contributed by atoms with Crippen molar-refractivity contribution in [3.05, 3.63) is 42.2 Å². The number of thioether (sulfide) groups is 1. The van der Waals surface area contributed by atoms with E-state index in [1.807, 2.05) is 14.1 Å². The van der Waals surface area contributed by atoms with E-state index < -0.39 is 15.7 Å². The zero-order valence-corrected chi connectivity index (χ0v) is 21.3. The zero-order chi connectivity index (χ0) is 24.8. The van der Waals surface area contributed by atoms with Crippen LogP contribution in [0, 0.1) is 0 Å². The van der Waals surface area contributed by atoms with E-state index in [2.05, 4.69) is 25.3 Å². The highest BCUT2D eigenvalue weighted by Crippen LogP contribution is 2.33. The van der Waals surface area contributed by atoms with E-state index in [4.69, 9.17) is 9.57 Å². The van der Waals surface area contributed by atoms with Crippen LogP contribution in [0.15, 0.2) is 51.7 Å². The Kier molecular flexibility index (Phi) is 8.37. The lowest BCUT2D eigenvalue weighted by Crippen LogP contribution is -2.26. The number of carbonyl (C=O) groups excluding carboxylic acids is 1. The van der Waals surface area contributed by atoms with Crippen LogP contribution in [0.3, 0.4) is 0 Å². The summed E-state index contributed by atoms with van der Waals surface area (Å²) < 4.78 is 30.3. The standard InChI is InChI=1S/C23H29N5O5S2/c1-28(2)10-12-34-21-14-24-20(13-25-21)26-23(29)22(27-33-17-9-11-32-15-17)16-3-5-18(6-4-16)35(30,31)19-7-8-19/h3-6,13-14,17,19H,7-12,15H2,1-2H3,(H,24,26,29)/b27-22+/t17-/m1/s1. The molecular formula is C23H29N5O5S2. The van der Waals surface area contributed by atoms with E-state index in [1.54, 1.807) is 30.1 Å². The highest BCUT2D eigenvalue weighted by Gasteiger charge is 2.36. The Balaban J connectivity index is 1.48. The van der Waals surface area contributed by atoms with Gasteiger partial charge in [0.25, 0.3) is 5.91 Å². The summed E-state index contributed by atoms with van der Waals surface area (Å²) in [5.74, 6) is 0.611. The number of nitrogens with one attached hydrogen (secondary N) is 1. The molecule has 35 heavy (non-hydrogen) atoms. The summed E-state index contributed by atoms with van der Waals surface area (Å²) in [5.41, 5.74) is 0.443. The first-order valence-corrected chi connectivity index (χ1v) is 13.9. The number of hydrogen-bond donors (Lipinski definition) is 1. The fraction of sp³-hybridized carbons (Fsp3) is 0.478. The van der Waals surface area contributed by atoms with Gasteiger partial charge in [0, 0.05) is 24.3 Å². The smallest absolute Gasteiger partial charge is 0.279 e. The van der Waals surface area contributed by atoms with Gasteiger partial charge in [0.1, 0.15) is 5.03 Å². The van der Waals surface area contributed by atoms with Gasteiger partial charge in [0.15, 0.2) is 27.5 Å². The van der Waals surface area contributed by atoms with Gasteiger partial charge in [-0.15, -0.1) is 11.8 Å². The fourth-order valence-electron chi connectivity index (χ4n) is 3.29. The summed E-state index contributed by atoms with van der Waals surface area (Å²) in [6.45, 7) is 1.89. The summed E-state index contributed by atoms with van der Waals surface area (Å²) in [5, 5.41) is 7.26. The molecule has 10 nitrogen and oxygen atoms in total. The summed E-state index contributed by atoms with van der Waals surface area (Å²) in [7, 11) is 0.685. The van der Waals surface area contributed by atoms with Crippen LogP contribution < -0.4 is 5.32 Å². The van der Waals surface area contributed by atoms with Crippen LogP contribution in [-0.4, -0.2) is 85.9 Å². The average Bonchev–Trinajstić information content (AvgIpc) is 3.58. The minimum Gasteiger partial charge on any atom is -0.389 e. The molecule has 2 heterocycles. The number of hydrogen-bond acceptors (Lipinski definition) is 10. The maximum absolute atomic E-state index is 13.1. The second-order valence-corrected chi connectivity index (χ2v) is 12.0. The van der Waals surface area contributed by atoms with Gasteiger partial charge in [0.2, 0.25) is 0 Å². The molecule has 1 aromatic heterocycles. The van der Waals surface area contributed by atoms with Gasteiger partial charge in [-0.2, -0.15) is 0 Å². The summed E-state index contributed by atoms with van der Waals surface area (Å²) in [6, 6.07) is 6.14. The topological polar surface area (TPSA) is 123 Å². The van der Waals surface area contributed by atoms with Gasteiger partial charge in [-0.05, 0) is 39.1 Å². The summed E-state index contributed by atoms with van der Waals surface area (Å²) >= 11 is 1.58. The Morgan fingerprint density at radius 1 is 1.20 bits per heavy atom. The lowest BCUT2D eigenvalue weighted by Gasteiger charge is -2.11. The van der Waals surface area contributed by atoms with E-state index >= 15 is 0 Å². The molecule has 1 amide bonds. The number of rotatable bonds is 11. The number of benzene rings is 1. The molecule has 1 atom stereocenters. The van der Waals surface area contributed by atoms with Gasteiger partial charge in [-0.1, -0.05) is 17.3 Å². The molecule has 2 fully saturated rings. The van der Waals surface area contributed by atoms with E-state index in [-0.39, 0.29) is 27.8 Å². The van der Waals surface area contributed by atoms with Gasteiger partial charge < -0.3 is 19.8 Å². The van der Waals surface area contributed by atoms with Crippen LogP contribution in [0.4, 0.5) is 5.82 Å². The number of oxime groups is 1. The van der Waals surface area contributed by atoms with Gasteiger partial charge >= 0.3 is 0 Å². The van der Waals surface area contributed by atoms with Crippen molar-refractivity contribution in [1.29, 1.82) is 0 Å². The number of carbonyl (C=O) groups is 1. The van der Waals surface area contributed by atoms with Crippen LogP contribution in [-0.2, 0) is 24.2 Å². The minimum atomic E-state index is -3.33. The van der Waals surface area contributed by atoms with Crippen LogP contribution >= 0.6 is 11.8 Å². The van der Waals surface area contributed by atoms with Crippen LogP contribution in [0.5, 0.6) is 0 Å². The molecule has 1 aliphatic carbocycles. The SMILES string of the molecule is CN(C)CCSc1cnc(NC(=O)/C(=N/O[C@@H]2CCOC2)c2ccc(S(=O)(=O)C3CC3)cc2)cn1. The summed E-state index contributed by atoms with van der Waals surface area (Å²) in [6.07, 6.45) is 4.90. The minimum absolute atomic E-state index is 0.0125. The molecule has 4 rings (SSSR count). The fourth-order valence-corrected chi connectivity index (χ4v) is 5.86. The van der Waals surface area contributed by atoms with Crippen molar-refractivity contribution < 1.29 is 22.8 Å². The molecule has 188 valence electrons. The monoisotopic (exact) mass is 519 g/mol. The first kappa shape index (κ1) is 25.5. The molecule has 1 aliphatic heterocycles. The van der Waals surface area contributed by atoms with Crippen LogP contribution in [0.25, 0.3) is 0 Å². The second-order valence-electron chi connectivity index (χ2n) is 8.65. The molecule has 1 saturated carbocycles. The average molecular weight is 520 g/mol. The maximum Gasteiger partial charge on any atom is 0.279 e. The lowest BCUT2D eigenvalue weighted by atomic mass is 10.1. The van der Waals surface area contributed by atoms with E-state index in [1.165, 1.54) is 18.3 Å². The molecular weight excluding hydrogens is 490 g/mol. The molecule has 2 aliphatic rings. The van der Waals surface area contributed by atoms with Gasteiger partial charge in [-0.3, -0.25) is 4.79 Å². The van der Waals surface area contributed by atoms with Crippen LogP contribution in [0.2, 0.25) is 0 Å². The molecule has 0 unspecified atom stereocenters. The third-order valence-electron chi connectivity index (χ3n) is 5.47. The molecule has 1 aromatic carbocycles. The Morgan fingerprint density at radius 2 is 1.97 bits per heavy atom. The van der Waals surface area contributed by atoms with E-state index in [9.17, 15) is 13.2 Å². The summed E-state index contributed by atoms with van der Waals surface area (Å²) in [4.78, 5) is 29.6.